The van der Waals surface area contributed by atoms with Gasteiger partial charge in [-0.05, 0) is 26.2 Å². The average Bonchev–Trinajstić information content (AvgIpc) is 2.43. The summed E-state index contributed by atoms with van der Waals surface area (Å²) in [5, 5.41) is 0. The Morgan fingerprint density at radius 1 is 1.36 bits per heavy atom. The number of hydrogen-bond donors (Lipinski definition) is 0. The summed E-state index contributed by atoms with van der Waals surface area (Å²) in [4.78, 5) is 24.5. The maximum Gasteiger partial charge on any atom is 0.256 e. The van der Waals surface area contributed by atoms with Gasteiger partial charge in [-0.3, -0.25) is 14.5 Å². The van der Waals surface area contributed by atoms with Crippen LogP contribution in [0.2, 0.25) is 0 Å². The number of amides is 2. The van der Waals surface area contributed by atoms with Crippen LogP contribution in [-0.2, 0) is 9.59 Å². The van der Waals surface area contributed by atoms with Gasteiger partial charge in [0.2, 0.25) is 0 Å². The number of nitrogens with zero attached hydrogens (tertiary/aromatic N) is 1. The molecule has 1 aliphatic heterocycles. The molecule has 0 bridgehead atoms. The lowest BCUT2D eigenvalue weighted by molar-refractivity contribution is -0.140. The predicted molar refractivity (Wildman–Crippen MR) is 52.4 cm³/mol. The average molecular weight is 191 g/mol. The van der Waals surface area contributed by atoms with Crippen LogP contribution in [0.5, 0.6) is 0 Å². The van der Waals surface area contributed by atoms with Gasteiger partial charge in [0, 0.05) is 17.7 Å². The second-order valence-electron chi connectivity index (χ2n) is 3.78. The summed E-state index contributed by atoms with van der Waals surface area (Å²) in [7, 11) is 0. The van der Waals surface area contributed by atoms with Crippen LogP contribution in [0.25, 0.3) is 0 Å². The SMILES string of the molecule is CC1=CC(=O)N(C2CC=CCC2)C1=O. The predicted octanol–water partition coefficient (Wildman–Crippen LogP) is 1.41. The van der Waals surface area contributed by atoms with E-state index in [1.807, 2.05) is 6.08 Å². The van der Waals surface area contributed by atoms with Crippen molar-refractivity contribution in [3.05, 3.63) is 23.8 Å². The molecule has 0 saturated carbocycles. The molecule has 1 unspecified atom stereocenters. The normalized spacial score (nSPS) is 27.1. The van der Waals surface area contributed by atoms with Crippen molar-refractivity contribution < 1.29 is 9.59 Å². The van der Waals surface area contributed by atoms with E-state index < -0.39 is 0 Å². The molecule has 2 rings (SSSR count). The number of hydrogen-bond acceptors (Lipinski definition) is 2. The van der Waals surface area contributed by atoms with Gasteiger partial charge in [0.1, 0.15) is 0 Å². The summed E-state index contributed by atoms with van der Waals surface area (Å²) in [6.45, 7) is 1.69. The van der Waals surface area contributed by atoms with Crippen molar-refractivity contribution >= 4 is 11.8 Å². The molecule has 0 radical (unpaired) electrons. The highest BCUT2D eigenvalue weighted by atomic mass is 16.2. The fourth-order valence-corrected chi connectivity index (χ4v) is 1.96. The highest BCUT2D eigenvalue weighted by Gasteiger charge is 2.33. The van der Waals surface area contributed by atoms with Gasteiger partial charge in [0.15, 0.2) is 0 Å². The maximum atomic E-state index is 11.6. The zero-order chi connectivity index (χ0) is 10.1. The van der Waals surface area contributed by atoms with Gasteiger partial charge < -0.3 is 0 Å². The first kappa shape index (κ1) is 9.19. The minimum Gasteiger partial charge on any atom is -0.272 e. The molecule has 2 amide bonds. The van der Waals surface area contributed by atoms with Gasteiger partial charge in [-0.25, -0.2) is 0 Å². The molecule has 0 aromatic rings. The number of carbonyl (C=O) groups is 2. The lowest BCUT2D eigenvalue weighted by Gasteiger charge is -2.27. The molecular formula is C11H13NO2. The smallest absolute Gasteiger partial charge is 0.256 e. The van der Waals surface area contributed by atoms with Gasteiger partial charge in [0.25, 0.3) is 11.8 Å². The maximum absolute atomic E-state index is 11.6. The first-order valence-electron chi connectivity index (χ1n) is 4.91. The van der Waals surface area contributed by atoms with E-state index in [0.717, 1.165) is 19.3 Å². The largest absolute Gasteiger partial charge is 0.272 e. The molecule has 0 saturated heterocycles. The van der Waals surface area contributed by atoms with Crippen LogP contribution in [-0.4, -0.2) is 22.8 Å². The first-order valence-corrected chi connectivity index (χ1v) is 4.91. The standard InChI is InChI=1S/C11H13NO2/c1-8-7-10(13)12(11(8)14)9-5-3-2-4-6-9/h2-3,7,9H,4-6H2,1H3. The van der Waals surface area contributed by atoms with Crippen LogP contribution in [0, 0.1) is 0 Å². The van der Waals surface area contributed by atoms with Crippen molar-refractivity contribution in [2.45, 2.75) is 32.2 Å². The molecule has 1 heterocycles. The molecule has 74 valence electrons. The molecule has 0 fully saturated rings. The van der Waals surface area contributed by atoms with Gasteiger partial charge in [-0.2, -0.15) is 0 Å². The number of imide groups is 1. The quantitative estimate of drug-likeness (QED) is 0.464. The molecule has 0 N–H and O–H groups in total. The van der Waals surface area contributed by atoms with Crippen LogP contribution in [0.1, 0.15) is 26.2 Å². The highest BCUT2D eigenvalue weighted by Crippen LogP contribution is 2.23. The fourth-order valence-electron chi connectivity index (χ4n) is 1.96. The van der Waals surface area contributed by atoms with E-state index in [1.54, 1.807) is 6.92 Å². The highest BCUT2D eigenvalue weighted by molar-refractivity contribution is 6.16. The zero-order valence-electron chi connectivity index (χ0n) is 8.19. The summed E-state index contributed by atoms with van der Waals surface area (Å²) in [6.07, 6.45) is 8.24. The van der Waals surface area contributed by atoms with Crippen molar-refractivity contribution in [1.29, 1.82) is 0 Å². The molecule has 0 aromatic carbocycles. The molecule has 1 atom stereocenters. The Hall–Kier alpha value is -1.38. The first-order chi connectivity index (χ1) is 6.70. The van der Waals surface area contributed by atoms with Crippen molar-refractivity contribution in [3.8, 4) is 0 Å². The van der Waals surface area contributed by atoms with E-state index in [-0.39, 0.29) is 17.9 Å². The fraction of sp³-hybridized carbons (Fsp3) is 0.455. The number of carbonyl (C=O) groups excluding carboxylic acids is 2. The second kappa shape index (κ2) is 3.40. The Kier molecular flexibility index (Phi) is 2.23. The molecule has 14 heavy (non-hydrogen) atoms. The number of allylic oxidation sites excluding steroid dienone is 1. The van der Waals surface area contributed by atoms with E-state index in [0.29, 0.717) is 5.57 Å². The van der Waals surface area contributed by atoms with Crippen LogP contribution in [0.3, 0.4) is 0 Å². The van der Waals surface area contributed by atoms with Crippen LogP contribution in [0.4, 0.5) is 0 Å². The molecule has 2 aliphatic rings. The molecule has 1 aliphatic carbocycles. The topological polar surface area (TPSA) is 37.4 Å². The monoisotopic (exact) mass is 191 g/mol. The van der Waals surface area contributed by atoms with Gasteiger partial charge in [0.05, 0.1) is 0 Å². The van der Waals surface area contributed by atoms with Crippen molar-refractivity contribution in [1.82, 2.24) is 4.90 Å². The van der Waals surface area contributed by atoms with E-state index in [9.17, 15) is 9.59 Å². The Morgan fingerprint density at radius 3 is 2.64 bits per heavy atom. The third-order valence-electron chi connectivity index (χ3n) is 2.74. The van der Waals surface area contributed by atoms with Crippen LogP contribution in [0.15, 0.2) is 23.8 Å². The van der Waals surface area contributed by atoms with E-state index >= 15 is 0 Å². The van der Waals surface area contributed by atoms with Crippen LogP contribution >= 0.6 is 0 Å². The van der Waals surface area contributed by atoms with Crippen molar-refractivity contribution in [2.75, 3.05) is 0 Å². The Morgan fingerprint density at radius 2 is 2.14 bits per heavy atom. The van der Waals surface area contributed by atoms with E-state index in [2.05, 4.69) is 6.08 Å². The molecule has 0 aromatic heterocycles. The minimum absolute atomic E-state index is 0.0775. The van der Waals surface area contributed by atoms with Crippen molar-refractivity contribution in [3.63, 3.8) is 0 Å². The summed E-state index contributed by atoms with van der Waals surface area (Å²) in [5.41, 5.74) is 0.560. The second-order valence-corrected chi connectivity index (χ2v) is 3.78. The number of rotatable bonds is 1. The van der Waals surface area contributed by atoms with E-state index in [4.69, 9.17) is 0 Å². The molecule has 3 nitrogen and oxygen atoms in total. The van der Waals surface area contributed by atoms with Gasteiger partial charge in [-0.1, -0.05) is 12.2 Å². The summed E-state index contributed by atoms with van der Waals surface area (Å²) < 4.78 is 0. The molecule has 3 heteroatoms. The third-order valence-corrected chi connectivity index (χ3v) is 2.74. The molecular weight excluding hydrogens is 178 g/mol. The zero-order valence-corrected chi connectivity index (χ0v) is 8.19. The molecule has 0 spiro atoms. The summed E-state index contributed by atoms with van der Waals surface area (Å²) in [6, 6.07) is 0.0775. The summed E-state index contributed by atoms with van der Waals surface area (Å²) >= 11 is 0. The Bertz CT molecular complexity index is 341. The third kappa shape index (κ3) is 1.39. The Labute approximate surface area is 83.1 Å². The van der Waals surface area contributed by atoms with E-state index in [1.165, 1.54) is 11.0 Å². The minimum atomic E-state index is -0.146. The van der Waals surface area contributed by atoms with Gasteiger partial charge >= 0.3 is 0 Å². The van der Waals surface area contributed by atoms with Crippen LogP contribution < -0.4 is 0 Å². The van der Waals surface area contributed by atoms with Gasteiger partial charge in [-0.15, -0.1) is 0 Å². The Balaban J connectivity index is 2.16. The summed E-state index contributed by atoms with van der Waals surface area (Å²) in [5.74, 6) is -0.261. The van der Waals surface area contributed by atoms with Crippen molar-refractivity contribution in [2.24, 2.45) is 0 Å². The lowest BCUT2D eigenvalue weighted by Crippen LogP contribution is -2.40. The lowest BCUT2D eigenvalue weighted by atomic mass is 10.0.